The van der Waals surface area contributed by atoms with Gasteiger partial charge >= 0.3 is 5.97 Å². The van der Waals surface area contributed by atoms with Crippen molar-refractivity contribution < 1.29 is 19.1 Å². The zero-order valence-electron chi connectivity index (χ0n) is 16.0. The Morgan fingerprint density at radius 2 is 1.75 bits per heavy atom. The van der Waals surface area contributed by atoms with Crippen molar-refractivity contribution in [1.29, 1.82) is 0 Å². The Hall–Kier alpha value is -2.86. The molecule has 0 atom stereocenters. The monoisotopic (exact) mass is 395 g/mol. The van der Waals surface area contributed by atoms with Crippen LogP contribution in [-0.4, -0.2) is 34.9 Å². The van der Waals surface area contributed by atoms with E-state index < -0.39 is 5.97 Å². The highest BCUT2D eigenvalue weighted by atomic mass is 32.2. The van der Waals surface area contributed by atoms with Gasteiger partial charge in [-0.25, -0.2) is 0 Å². The van der Waals surface area contributed by atoms with Crippen LogP contribution in [0.15, 0.2) is 47.4 Å². The predicted molar refractivity (Wildman–Crippen MR) is 110 cm³/mol. The molecule has 3 aromatic rings. The molecule has 0 fully saturated rings. The topological polar surface area (TPSA) is 76.2 Å². The van der Waals surface area contributed by atoms with Crippen molar-refractivity contribution in [3.63, 3.8) is 0 Å². The first-order chi connectivity index (χ1) is 13.4. The Morgan fingerprint density at radius 3 is 2.43 bits per heavy atom. The Morgan fingerprint density at radius 1 is 1.04 bits per heavy atom. The lowest BCUT2D eigenvalue weighted by Crippen LogP contribution is -2.16. The Labute approximate surface area is 167 Å². The molecule has 0 aliphatic heterocycles. The average Bonchev–Trinajstić information content (AvgIpc) is 2.98. The third kappa shape index (κ3) is 4.34. The molecule has 6 heteroatoms. The van der Waals surface area contributed by atoms with E-state index >= 15 is 0 Å². The van der Waals surface area contributed by atoms with Crippen LogP contribution in [0.4, 0.5) is 0 Å². The lowest BCUT2D eigenvalue weighted by Gasteiger charge is -2.05. The number of H-pyrrole nitrogens is 1. The van der Waals surface area contributed by atoms with Crippen LogP contribution in [0.1, 0.15) is 39.0 Å². The molecule has 2 aromatic carbocycles. The van der Waals surface area contributed by atoms with Gasteiger partial charge < -0.3 is 9.72 Å². The van der Waals surface area contributed by atoms with Gasteiger partial charge in [0.05, 0.1) is 11.4 Å². The number of aryl methyl sites for hydroxylation is 1. The molecule has 5 nitrogen and oxygen atoms in total. The van der Waals surface area contributed by atoms with Crippen LogP contribution in [0, 0.1) is 13.8 Å². The zero-order chi connectivity index (χ0) is 20.3. The van der Waals surface area contributed by atoms with Crippen molar-refractivity contribution >= 4 is 40.1 Å². The number of hydrogen-bond acceptors (Lipinski definition) is 5. The van der Waals surface area contributed by atoms with Crippen molar-refractivity contribution in [2.45, 2.75) is 25.7 Å². The highest BCUT2D eigenvalue weighted by Crippen LogP contribution is 2.24. The molecule has 0 amide bonds. The predicted octanol–water partition coefficient (Wildman–Crippen LogP) is 4.51. The summed E-state index contributed by atoms with van der Waals surface area (Å²) in [5.41, 5.74) is 2.07. The summed E-state index contributed by atoms with van der Waals surface area (Å²) in [6, 6.07) is 14.0. The lowest BCUT2D eigenvalue weighted by molar-refractivity contribution is -0.139. The second-order valence-corrected chi connectivity index (χ2v) is 7.61. The number of benzene rings is 2. The molecule has 0 saturated carbocycles. The molecular formula is C22H21NO4S. The summed E-state index contributed by atoms with van der Waals surface area (Å²) >= 11 is 1.37. The largest absolute Gasteiger partial charge is 0.457 e. The van der Waals surface area contributed by atoms with Crippen LogP contribution in [0.25, 0.3) is 10.8 Å². The first-order valence-electron chi connectivity index (χ1n) is 8.87. The Balaban J connectivity index is 1.56. The SMILES string of the molecule is CC(=O)c1c(C)[nH]c(C(=O)COC(=O)CSc2ccc3ccccc3c2)c1C. The second-order valence-electron chi connectivity index (χ2n) is 6.56. The van der Waals surface area contributed by atoms with Crippen LogP contribution in [-0.2, 0) is 9.53 Å². The summed E-state index contributed by atoms with van der Waals surface area (Å²) in [4.78, 5) is 39.9. The number of esters is 1. The van der Waals surface area contributed by atoms with Gasteiger partial charge in [-0.2, -0.15) is 0 Å². The molecule has 0 spiro atoms. The van der Waals surface area contributed by atoms with Crippen LogP contribution < -0.4 is 0 Å². The average molecular weight is 395 g/mol. The maximum Gasteiger partial charge on any atom is 0.316 e. The minimum absolute atomic E-state index is 0.103. The molecule has 144 valence electrons. The first-order valence-corrected chi connectivity index (χ1v) is 9.86. The number of thioether (sulfide) groups is 1. The number of ketones is 2. The summed E-state index contributed by atoms with van der Waals surface area (Å²) < 4.78 is 5.12. The highest BCUT2D eigenvalue weighted by Gasteiger charge is 2.20. The first kappa shape index (κ1) is 19.9. The number of fused-ring (bicyclic) bond motifs is 1. The van der Waals surface area contributed by atoms with Crippen LogP contribution in [0.3, 0.4) is 0 Å². The number of carbonyl (C=O) groups excluding carboxylic acids is 3. The third-order valence-corrected chi connectivity index (χ3v) is 5.48. The van der Waals surface area contributed by atoms with Crippen molar-refractivity contribution in [3.05, 3.63) is 65.0 Å². The normalized spacial score (nSPS) is 10.8. The smallest absolute Gasteiger partial charge is 0.316 e. The molecule has 0 aliphatic rings. The summed E-state index contributed by atoms with van der Waals surface area (Å²) in [6.07, 6.45) is 0. The summed E-state index contributed by atoms with van der Waals surface area (Å²) in [5.74, 6) is -0.793. The van der Waals surface area contributed by atoms with Gasteiger partial charge in [0.2, 0.25) is 5.78 Å². The standard InChI is InChI=1S/C22H21NO4S/c1-13-21(15(3)24)14(2)23-22(13)19(25)11-27-20(26)12-28-18-9-8-16-6-4-5-7-17(16)10-18/h4-10,23H,11-12H2,1-3H3. The number of nitrogens with one attached hydrogen (secondary N) is 1. The van der Waals surface area contributed by atoms with E-state index in [0.717, 1.165) is 15.7 Å². The van der Waals surface area contributed by atoms with Gasteiger partial charge in [0.1, 0.15) is 0 Å². The Bertz CT molecular complexity index is 1070. The number of Topliss-reactive ketones (excluding diaryl/α,β-unsaturated/α-hetero) is 2. The van der Waals surface area contributed by atoms with Gasteiger partial charge in [-0.15, -0.1) is 11.8 Å². The fourth-order valence-electron chi connectivity index (χ4n) is 3.22. The van der Waals surface area contributed by atoms with E-state index in [-0.39, 0.29) is 23.9 Å². The molecule has 1 N–H and O–H groups in total. The van der Waals surface area contributed by atoms with Gasteiger partial charge in [0, 0.05) is 16.2 Å². The van der Waals surface area contributed by atoms with Crippen molar-refractivity contribution in [2.24, 2.45) is 0 Å². The van der Waals surface area contributed by atoms with E-state index in [1.54, 1.807) is 13.8 Å². The van der Waals surface area contributed by atoms with Gasteiger partial charge in [-0.05, 0) is 49.2 Å². The molecule has 0 radical (unpaired) electrons. The molecule has 0 unspecified atom stereocenters. The van der Waals surface area contributed by atoms with Crippen molar-refractivity contribution in [3.8, 4) is 0 Å². The number of hydrogen-bond donors (Lipinski definition) is 1. The minimum Gasteiger partial charge on any atom is -0.457 e. The van der Waals surface area contributed by atoms with Gasteiger partial charge in [0.25, 0.3) is 0 Å². The van der Waals surface area contributed by atoms with E-state index in [2.05, 4.69) is 4.98 Å². The number of ether oxygens (including phenoxy) is 1. The fraction of sp³-hybridized carbons (Fsp3) is 0.227. The number of carbonyl (C=O) groups is 3. The van der Waals surface area contributed by atoms with E-state index in [1.165, 1.54) is 18.7 Å². The molecule has 0 bridgehead atoms. The number of aromatic nitrogens is 1. The summed E-state index contributed by atoms with van der Waals surface area (Å²) in [5, 5.41) is 2.25. The van der Waals surface area contributed by atoms with Crippen LogP contribution in [0.5, 0.6) is 0 Å². The third-order valence-electron chi connectivity index (χ3n) is 4.51. The molecule has 0 aliphatic carbocycles. The summed E-state index contributed by atoms with van der Waals surface area (Å²) in [7, 11) is 0. The van der Waals surface area contributed by atoms with Gasteiger partial charge in [-0.1, -0.05) is 30.3 Å². The van der Waals surface area contributed by atoms with Gasteiger partial charge in [0.15, 0.2) is 12.4 Å². The molecular weight excluding hydrogens is 374 g/mol. The van der Waals surface area contributed by atoms with Crippen LogP contribution in [0.2, 0.25) is 0 Å². The van der Waals surface area contributed by atoms with Crippen LogP contribution >= 0.6 is 11.8 Å². The maximum atomic E-state index is 12.4. The minimum atomic E-state index is -0.459. The molecule has 1 heterocycles. The summed E-state index contributed by atoms with van der Waals surface area (Å²) in [6.45, 7) is 4.56. The lowest BCUT2D eigenvalue weighted by atomic mass is 10.1. The van der Waals surface area contributed by atoms with Gasteiger partial charge in [-0.3, -0.25) is 14.4 Å². The quantitative estimate of drug-likeness (QED) is 0.362. The van der Waals surface area contributed by atoms with E-state index in [1.807, 2.05) is 42.5 Å². The highest BCUT2D eigenvalue weighted by molar-refractivity contribution is 8.00. The molecule has 1 aromatic heterocycles. The molecule has 0 saturated heterocycles. The van der Waals surface area contributed by atoms with E-state index in [4.69, 9.17) is 4.74 Å². The fourth-order valence-corrected chi connectivity index (χ4v) is 3.96. The molecule has 28 heavy (non-hydrogen) atoms. The van der Waals surface area contributed by atoms with Crippen molar-refractivity contribution in [1.82, 2.24) is 4.98 Å². The van der Waals surface area contributed by atoms with E-state index in [0.29, 0.717) is 22.5 Å². The number of rotatable bonds is 7. The Kier molecular flexibility index (Phi) is 5.99. The second kappa shape index (κ2) is 8.44. The maximum absolute atomic E-state index is 12.4. The van der Waals surface area contributed by atoms with E-state index in [9.17, 15) is 14.4 Å². The zero-order valence-corrected chi connectivity index (χ0v) is 16.8. The molecule has 3 rings (SSSR count). The number of aromatic amines is 1. The van der Waals surface area contributed by atoms with Crippen molar-refractivity contribution in [2.75, 3.05) is 12.4 Å².